The van der Waals surface area contributed by atoms with Gasteiger partial charge in [0.25, 0.3) is 0 Å². The van der Waals surface area contributed by atoms with E-state index >= 15 is 0 Å². The van der Waals surface area contributed by atoms with Gasteiger partial charge in [0.05, 0.1) is 39.9 Å². The number of nitrogens with one attached hydrogen (secondary N) is 1. The highest BCUT2D eigenvalue weighted by molar-refractivity contribution is 7.47. The number of unbranched alkanes of at least 4 members (excludes halogenated alkanes) is 16. The number of rotatable bonds is 41. The van der Waals surface area contributed by atoms with Crippen molar-refractivity contribution in [1.29, 1.82) is 0 Å². The van der Waals surface area contributed by atoms with Crippen LogP contribution < -0.4 is 5.32 Å². The highest BCUT2D eigenvalue weighted by Crippen LogP contribution is 2.43. The number of aliphatic hydroxyl groups is 1. The molecule has 0 saturated carbocycles. The lowest BCUT2D eigenvalue weighted by Gasteiger charge is -2.26. The molecular weight excluding hydrogens is 744 g/mol. The van der Waals surface area contributed by atoms with Crippen molar-refractivity contribution in [3.63, 3.8) is 0 Å². The van der Waals surface area contributed by atoms with Crippen LogP contribution in [-0.2, 0) is 18.4 Å². The Bertz CT molecular complexity index is 1170. The lowest BCUT2D eigenvalue weighted by Crippen LogP contribution is -2.46. The molecular formula is C49H90N2O6P+. The number of carbonyl (C=O) groups excluding carboxylic acids is 1. The summed E-state index contributed by atoms with van der Waals surface area (Å²) in [5, 5.41) is 13.7. The van der Waals surface area contributed by atoms with Crippen molar-refractivity contribution >= 4 is 13.7 Å². The zero-order valence-corrected chi connectivity index (χ0v) is 38.9. The number of likely N-dealkylation sites (N-methyl/N-ethyl adjacent to an activating group) is 1. The summed E-state index contributed by atoms with van der Waals surface area (Å²) in [5.74, 6) is -0.158. The number of hydrogen-bond donors (Lipinski definition) is 3. The van der Waals surface area contributed by atoms with Crippen molar-refractivity contribution in [2.45, 2.75) is 193 Å². The van der Waals surface area contributed by atoms with Gasteiger partial charge in [0.15, 0.2) is 0 Å². The van der Waals surface area contributed by atoms with Crippen LogP contribution in [0.15, 0.2) is 72.9 Å². The maximum atomic E-state index is 12.8. The van der Waals surface area contributed by atoms with Crippen molar-refractivity contribution < 1.29 is 32.9 Å². The summed E-state index contributed by atoms with van der Waals surface area (Å²) in [6.45, 7) is 4.66. The molecule has 3 atom stereocenters. The molecule has 0 fully saturated rings. The van der Waals surface area contributed by atoms with E-state index in [1.54, 1.807) is 0 Å². The van der Waals surface area contributed by atoms with Gasteiger partial charge in [-0.2, -0.15) is 0 Å². The third-order valence-corrected chi connectivity index (χ3v) is 11.0. The predicted octanol–water partition coefficient (Wildman–Crippen LogP) is 13.2. The van der Waals surface area contributed by atoms with E-state index in [-0.39, 0.29) is 19.1 Å². The number of phosphoric ester groups is 1. The van der Waals surface area contributed by atoms with Gasteiger partial charge >= 0.3 is 7.82 Å². The molecule has 0 aliphatic carbocycles. The average Bonchev–Trinajstić information content (AvgIpc) is 3.17. The molecule has 0 saturated heterocycles. The maximum absolute atomic E-state index is 12.8. The van der Waals surface area contributed by atoms with Gasteiger partial charge in [-0.05, 0) is 64.2 Å². The third kappa shape index (κ3) is 42.1. The SMILES string of the molecule is CC/C=C\C/C=C\C/C=C\C/C=C\C/C=C\C/C=C\CCCCCCCCCCCCCCC(=O)NC(COP(=O)(O)OCC[N+](C)(C)C)C(O)CCCCCCC. The molecule has 3 unspecified atom stereocenters. The van der Waals surface area contributed by atoms with Crippen molar-refractivity contribution in [2.24, 2.45) is 0 Å². The Morgan fingerprint density at radius 3 is 1.52 bits per heavy atom. The summed E-state index contributed by atoms with van der Waals surface area (Å²) in [6.07, 6.45) is 54.2. The van der Waals surface area contributed by atoms with Crippen LogP contribution in [0.3, 0.4) is 0 Å². The molecule has 0 aromatic heterocycles. The van der Waals surface area contributed by atoms with Crippen molar-refractivity contribution in [3.05, 3.63) is 72.9 Å². The molecule has 0 aliphatic heterocycles. The molecule has 0 bridgehead atoms. The third-order valence-electron chi connectivity index (χ3n) is 9.97. The fourth-order valence-corrected chi connectivity index (χ4v) is 7.02. The molecule has 9 heteroatoms. The van der Waals surface area contributed by atoms with Crippen LogP contribution in [0.5, 0.6) is 0 Å². The van der Waals surface area contributed by atoms with Gasteiger partial charge in [-0.25, -0.2) is 4.57 Å². The van der Waals surface area contributed by atoms with Gasteiger partial charge < -0.3 is 19.8 Å². The summed E-state index contributed by atoms with van der Waals surface area (Å²) < 4.78 is 23.4. The van der Waals surface area contributed by atoms with Crippen LogP contribution in [0.2, 0.25) is 0 Å². The lowest BCUT2D eigenvalue weighted by molar-refractivity contribution is -0.870. The van der Waals surface area contributed by atoms with E-state index < -0.39 is 20.0 Å². The minimum absolute atomic E-state index is 0.0706. The van der Waals surface area contributed by atoms with Gasteiger partial charge in [0.2, 0.25) is 5.91 Å². The standard InChI is InChI=1S/C49H89N2O6P/c1-6-8-10-12-13-14-15-16-17-18-19-20-21-22-23-24-25-26-27-28-29-30-31-32-33-34-35-36-37-39-41-43-49(53)50-47(48(52)42-40-38-11-9-7-2)46-57-58(54,55)56-45-44-51(3,4)5/h8,10,13-14,16-17,19-20,22-23,25-26,47-48,52H,6-7,9,11-12,15,18,21,24,27-46H2,1-5H3,(H-,50,53,54,55)/p+1/b10-8-,14-13-,17-16-,20-19-,23-22-,26-25-. The summed E-state index contributed by atoms with van der Waals surface area (Å²) in [6, 6.07) is -0.760. The minimum Gasteiger partial charge on any atom is -0.391 e. The summed E-state index contributed by atoms with van der Waals surface area (Å²) in [4.78, 5) is 23.0. The van der Waals surface area contributed by atoms with E-state index in [1.807, 2.05) is 21.1 Å². The van der Waals surface area contributed by atoms with Gasteiger partial charge in [-0.3, -0.25) is 13.8 Å². The van der Waals surface area contributed by atoms with Gasteiger partial charge in [-0.15, -0.1) is 0 Å². The van der Waals surface area contributed by atoms with Gasteiger partial charge in [0, 0.05) is 6.42 Å². The Kier molecular flexibility index (Phi) is 38.9. The molecule has 0 radical (unpaired) electrons. The van der Waals surface area contributed by atoms with Crippen LogP contribution >= 0.6 is 7.82 Å². The second-order valence-corrected chi connectivity index (χ2v) is 18.2. The van der Waals surface area contributed by atoms with Crippen LogP contribution in [0.4, 0.5) is 0 Å². The van der Waals surface area contributed by atoms with E-state index in [9.17, 15) is 19.4 Å². The highest BCUT2D eigenvalue weighted by atomic mass is 31.2. The summed E-state index contributed by atoms with van der Waals surface area (Å²) >= 11 is 0. The zero-order valence-electron chi connectivity index (χ0n) is 38.0. The number of quaternary nitrogens is 1. The number of allylic oxidation sites excluding steroid dienone is 12. The van der Waals surface area contributed by atoms with Crippen LogP contribution in [0.25, 0.3) is 0 Å². The first-order valence-electron chi connectivity index (χ1n) is 23.3. The van der Waals surface area contributed by atoms with Crippen LogP contribution in [0.1, 0.15) is 181 Å². The summed E-state index contributed by atoms with van der Waals surface area (Å²) in [7, 11) is 1.60. The molecule has 0 spiro atoms. The summed E-state index contributed by atoms with van der Waals surface area (Å²) in [5.41, 5.74) is 0. The Morgan fingerprint density at radius 1 is 0.603 bits per heavy atom. The zero-order chi connectivity index (χ0) is 42.8. The first kappa shape index (κ1) is 55.9. The Balaban J connectivity index is 3.95. The first-order chi connectivity index (χ1) is 28.0. The Morgan fingerprint density at radius 2 is 1.03 bits per heavy atom. The number of hydrogen-bond acceptors (Lipinski definition) is 5. The van der Waals surface area contributed by atoms with E-state index in [1.165, 1.54) is 64.2 Å². The van der Waals surface area contributed by atoms with Gasteiger partial charge in [-0.1, -0.05) is 183 Å². The highest BCUT2D eigenvalue weighted by Gasteiger charge is 2.28. The van der Waals surface area contributed by atoms with E-state index in [4.69, 9.17) is 9.05 Å². The van der Waals surface area contributed by atoms with E-state index in [2.05, 4.69) is 92.1 Å². The van der Waals surface area contributed by atoms with Crippen LogP contribution in [-0.4, -0.2) is 73.4 Å². The number of aliphatic hydroxyl groups excluding tert-OH is 1. The Hall–Kier alpha value is -2.06. The lowest BCUT2D eigenvalue weighted by atomic mass is 10.0. The number of carbonyl (C=O) groups is 1. The monoisotopic (exact) mass is 834 g/mol. The molecule has 0 aromatic rings. The van der Waals surface area contributed by atoms with Crippen molar-refractivity contribution in [2.75, 3.05) is 40.9 Å². The average molecular weight is 834 g/mol. The fourth-order valence-electron chi connectivity index (χ4n) is 6.28. The van der Waals surface area contributed by atoms with Crippen molar-refractivity contribution in [1.82, 2.24) is 5.32 Å². The molecule has 3 N–H and O–H groups in total. The number of amides is 1. The fraction of sp³-hybridized carbons (Fsp3) is 0.735. The first-order valence-corrected chi connectivity index (χ1v) is 24.8. The quantitative estimate of drug-likeness (QED) is 0.0245. The molecule has 58 heavy (non-hydrogen) atoms. The normalized spacial score (nSPS) is 14.9. The van der Waals surface area contributed by atoms with E-state index in [0.29, 0.717) is 23.9 Å². The molecule has 0 aliphatic rings. The second kappa shape index (κ2) is 40.4. The largest absolute Gasteiger partial charge is 0.472 e. The smallest absolute Gasteiger partial charge is 0.391 e. The number of nitrogens with zero attached hydrogens (tertiary/aromatic N) is 1. The Labute approximate surface area is 357 Å². The molecule has 0 heterocycles. The second-order valence-electron chi connectivity index (χ2n) is 16.8. The topological polar surface area (TPSA) is 105 Å². The molecule has 336 valence electrons. The molecule has 0 aromatic carbocycles. The van der Waals surface area contributed by atoms with Crippen molar-refractivity contribution in [3.8, 4) is 0 Å². The minimum atomic E-state index is -4.30. The molecule has 1 amide bonds. The molecule has 8 nitrogen and oxygen atoms in total. The van der Waals surface area contributed by atoms with Crippen LogP contribution in [0, 0.1) is 0 Å². The maximum Gasteiger partial charge on any atom is 0.472 e. The predicted molar refractivity (Wildman–Crippen MR) is 249 cm³/mol. The number of phosphoric acid groups is 1. The van der Waals surface area contributed by atoms with E-state index in [0.717, 1.165) is 89.9 Å². The molecule has 0 rings (SSSR count). The van der Waals surface area contributed by atoms with Gasteiger partial charge in [0.1, 0.15) is 13.2 Å².